The van der Waals surface area contributed by atoms with Gasteiger partial charge in [0.1, 0.15) is 5.82 Å². The molecule has 98 valence electrons. The quantitative estimate of drug-likeness (QED) is 0.769. The van der Waals surface area contributed by atoms with Crippen molar-refractivity contribution in [3.8, 4) is 11.1 Å². The van der Waals surface area contributed by atoms with Gasteiger partial charge in [0, 0.05) is 17.1 Å². The van der Waals surface area contributed by atoms with Gasteiger partial charge < -0.3 is 5.11 Å². The summed E-state index contributed by atoms with van der Waals surface area (Å²) in [6.45, 7) is 0. The predicted octanol–water partition coefficient (Wildman–Crippen LogP) is 3.74. The van der Waals surface area contributed by atoms with E-state index in [2.05, 4.69) is 4.98 Å². The molecule has 0 aliphatic carbocycles. The van der Waals surface area contributed by atoms with Crippen LogP contribution in [-0.2, 0) is 0 Å². The summed E-state index contributed by atoms with van der Waals surface area (Å²) in [5, 5.41) is 9.74. The van der Waals surface area contributed by atoms with Crippen molar-refractivity contribution in [1.82, 2.24) is 4.98 Å². The molecule has 0 aliphatic heterocycles. The highest BCUT2D eigenvalue weighted by Crippen LogP contribution is 2.23. The van der Waals surface area contributed by atoms with Gasteiger partial charge in [-0.05, 0) is 42.0 Å². The Balaban J connectivity index is 2.13. The molecule has 0 unspecified atom stereocenters. The van der Waals surface area contributed by atoms with E-state index in [0.717, 1.165) is 22.0 Å². The molecule has 0 aliphatic rings. The molecule has 0 saturated carbocycles. The lowest BCUT2D eigenvalue weighted by molar-refractivity contribution is 0.0697. The molecule has 3 nitrogen and oxygen atoms in total. The maximum Gasteiger partial charge on any atom is 0.335 e. The summed E-state index contributed by atoms with van der Waals surface area (Å²) in [4.78, 5) is 15.3. The summed E-state index contributed by atoms with van der Waals surface area (Å²) in [7, 11) is 0. The molecule has 0 saturated heterocycles. The number of halogens is 1. The van der Waals surface area contributed by atoms with Gasteiger partial charge in [-0.2, -0.15) is 0 Å². The maximum atomic E-state index is 12.9. The Labute approximate surface area is 114 Å². The number of carboxylic acids is 1. The Morgan fingerprint density at radius 2 is 1.75 bits per heavy atom. The third-order valence-corrected chi connectivity index (χ3v) is 3.11. The second-order valence-electron chi connectivity index (χ2n) is 4.44. The molecule has 4 heteroatoms. The second-order valence-corrected chi connectivity index (χ2v) is 4.44. The highest BCUT2D eigenvalue weighted by molar-refractivity contribution is 5.94. The lowest BCUT2D eigenvalue weighted by Crippen LogP contribution is -1.95. The summed E-state index contributed by atoms with van der Waals surface area (Å²) in [6, 6.07) is 12.7. The molecular formula is C16H10FNO2. The van der Waals surface area contributed by atoms with Crippen LogP contribution < -0.4 is 0 Å². The van der Waals surface area contributed by atoms with Gasteiger partial charge in [0.15, 0.2) is 0 Å². The number of carbonyl (C=O) groups is 1. The van der Waals surface area contributed by atoms with Crippen LogP contribution in [0.2, 0.25) is 0 Å². The lowest BCUT2D eigenvalue weighted by Gasteiger charge is -2.04. The number of nitrogens with zero attached hydrogens (tertiary/aromatic N) is 1. The van der Waals surface area contributed by atoms with E-state index in [1.807, 2.05) is 6.07 Å². The molecule has 2 aromatic carbocycles. The number of hydrogen-bond donors (Lipinski definition) is 1. The van der Waals surface area contributed by atoms with Crippen LogP contribution in [0.5, 0.6) is 0 Å². The van der Waals surface area contributed by atoms with E-state index in [0.29, 0.717) is 0 Å². The van der Waals surface area contributed by atoms with Crippen LogP contribution in [0.15, 0.2) is 54.7 Å². The summed E-state index contributed by atoms with van der Waals surface area (Å²) >= 11 is 0. The van der Waals surface area contributed by atoms with Crippen molar-refractivity contribution in [3.05, 3.63) is 66.1 Å². The molecule has 0 radical (unpaired) electrons. The van der Waals surface area contributed by atoms with Gasteiger partial charge in [-0.1, -0.05) is 12.1 Å². The minimum atomic E-state index is -0.973. The molecule has 0 atom stereocenters. The third-order valence-electron chi connectivity index (χ3n) is 3.11. The van der Waals surface area contributed by atoms with E-state index in [4.69, 9.17) is 5.11 Å². The van der Waals surface area contributed by atoms with Gasteiger partial charge in [0.2, 0.25) is 0 Å². The number of rotatable bonds is 2. The Morgan fingerprint density at radius 3 is 2.45 bits per heavy atom. The standard InChI is InChI=1S/C16H10FNO2/c17-14-4-1-10(2-5-14)13-8-12-7-11(16(19)20)3-6-15(12)18-9-13/h1-9H,(H,19,20). The Hall–Kier alpha value is -2.75. The maximum absolute atomic E-state index is 12.9. The molecule has 0 bridgehead atoms. The van der Waals surface area contributed by atoms with Crippen molar-refractivity contribution in [3.63, 3.8) is 0 Å². The first-order chi connectivity index (χ1) is 9.63. The van der Waals surface area contributed by atoms with E-state index in [1.165, 1.54) is 18.2 Å². The van der Waals surface area contributed by atoms with Gasteiger partial charge >= 0.3 is 5.97 Å². The fourth-order valence-electron chi connectivity index (χ4n) is 2.06. The van der Waals surface area contributed by atoms with E-state index < -0.39 is 5.97 Å². The van der Waals surface area contributed by atoms with Crippen molar-refractivity contribution in [2.75, 3.05) is 0 Å². The first-order valence-corrected chi connectivity index (χ1v) is 6.02. The Morgan fingerprint density at radius 1 is 1.00 bits per heavy atom. The number of aromatic carboxylic acids is 1. The van der Waals surface area contributed by atoms with Crippen molar-refractivity contribution in [2.24, 2.45) is 0 Å². The number of fused-ring (bicyclic) bond motifs is 1. The van der Waals surface area contributed by atoms with Crippen LogP contribution in [0.1, 0.15) is 10.4 Å². The smallest absolute Gasteiger partial charge is 0.335 e. The summed E-state index contributed by atoms with van der Waals surface area (Å²) in [5.41, 5.74) is 2.60. The van der Waals surface area contributed by atoms with Crippen molar-refractivity contribution < 1.29 is 14.3 Å². The van der Waals surface area contributed by atoms with Crippen LogP contribution in [0, 0.1) is 5.82 Å². The second kappa shape index (κ2) is 4.74. The normalized spacial score (nSPS) is 10.7. The fourth-order valence-corrected chi connectivity index (χ4v) is 2.06. The average Bonchev–Trinajstić information content (AvgIpc) is 2.47. The topological polar surface area (TPSA) is 50.2 Å². The van der Waals surface area contributed by atoms with Crippen LogP contribution in [-0.4, -0.2) is 16.1 Å². The molecule has 0 amide bonds. The van der Waals surface area contributed by atoms with E-state index in [1.54, 1.807) is 30.5 Å². The summed E-state index contributed by atoms with van der Waals surface area (Å²) in [6.07, 6.45) is 1.69. The van der Waals surface area contributed by atoms with Crippen LogP contribution in [0.25, 0.3) is 22.0 Å². The Kier molecular flexibility index (Phi) is 2.91. The number of pyridine rings is 1. The molecule has 1 heterocycles. The molecule has 3 rings (SSSR count). The van der Waals surface area contributed by atoms with Crippen molar-refractivity contribution in [1.29, 1.82) is 0 Å². The van der Waals surface area contributed by atoms with E-state index >= 15 is 0 Å². The minimum Gasteiger partial charge on any atom is -0.478 e. The first kappa shape index (κ1) is 12.3. The molecule has 1 N–H and O–H groups in total. The number of benzene rings is 2. The number of hydrogen-bond acceptors (Lipinski definition) is 2. The number of aromatic nitrogens is 1. The molecule has 3 aromatic rings. The zero-order chi connectivity index (χ0) is 14.1. The van der Waals surface area contributed by atoms with E-state index in [-0.39, 0.29) is 11.4 Å². The zero-order valence-corrected chi connectivity index (χ0v) is 10.4. The zero-order valence-electron chi connectivity index (χ0n) is 10.4. The van der Waals surface area contributed by atoms with Crippen LogP contribution >= 0.6 is 0 Å². The molecule has 20 heavy (non-hydrogen) atoms. The molecule has 0 spiro atoms. The van der Waals surface area contributed by atoms with Crippen molar-refractivity contribution >= 4 is 16.9 Å². The fraction of sp³-hybridized carbons (Fsp3) is 0. The lowest BCUT2D eigenvalue weighted by atomic mass is 10.0. The average molecular weight is 267 g/mol. The number of carboxylic acid groups (broad SMARTS) is 1. The SMILES string of the molecule is O=C(O)c1ccc2ncc(-c3ccc(F)cc3)cc2c1. The van der Waals surface area contributed by atoms with Gasteiger partial charge in [-0.25, -0.2) is 9.18 Å². The Bertz CT molecular complexity index is 797. The van der Waals surface area contributed by atoms with Crippen molar-refractivity contribution in [2.45, 2.75) is 0 Å². The summed E-state index contributed by atoms with van der Waals surface area (Å²) < 4.78 is 12.9. The predicted molar refractivity (Wildman–Crippen MR) is 74.1 cm³/mol. The van der Waals surface area contributed by atoms with Gasteiger partial charge in [-0.15, -0.1) is 0 Å². The van der Waals surface area contributed by atoms with E-state index in [9.17, 15) is 9.18 Å². The van der Waals surface area contributed by atoms with Gasteiger partial charge in [0.05, 0.1) is 11.1 Å². The van der Waals surface area contributed by atoms with Gasteiger partial charge in [0.25, 0.3) is 0 Å². The molecular weight excluding hydrogens is 257 g/mol. The largest absolute Gasteiger partial charge is 0.478 e. The summed E-state index contributed by atoms with van der Waals surface area (Å²) in [5.74, 6) is -1.27. The highest BCUT2D eigenvalue weighted by atomic mass is 19.1. The molecule has 0 fully saturated rings. The van der Waals surface area contributed by atoms with Crippen LogP contribution in [0.3, 0.4) is 0 Å². The van der Waals surface area contributed by atoms with Gasteiger partial charge in [-0.3, -0.25) is 4.98 Å². The molecule has 1 aromatic heterocycles. The minimum absolute atomic E-state index is 0.218. The third kappa shape index (κ3) is 2.23. The van der Waals surface area contributed by atoms with Crippen LogP contribution in [0.4, 0.5) is 4.39 Å². The monoisotopic (exact) mass is 267 g/mol. The highest BCUT2D eigenvalue weighted by Gasteiger charge is 2.06. The first-order valence-electron chi connectivity index (χ1n) is 6.02.